The van der Waals surface area contributed by atoms with Crippen molar-refractivity contribution in [2.75, 3.05) is 19.8 Å². The molecule has 1 amide bonds. The highest BCUT2D eigenvalue weighted by Gasteiger charge is 2.34. The molecular formula is C21H25NO3. The van der Waals surface area contributed by atoms with Gasteiger partial charge in [0.25, 0.3) is 5.91 Å². The van der Waals surface area contributed by atoms with Gasteiger partial charge in [-0.2, -0.15) is 0 Å². The van der Waals surface area contributed by atoms with Crippen LogP contribution in [0.1, 0.15) is 41.3 Å². The summed E-state index contributed by atoms with van der Waals surface area (Å²) in [7, 11) is 0. The van der Waals surface area contributed by atoms with Crippen LogP contribution in [0.25, 0.3) is 0 Å². The molecule has 4 heteroatoms. The van der Waals surface area contributed by atoms with Crippen LogP contribution >= 0.6 is 0 Å². The van der Waals surface area contributed by atoms with E-state index in [-0.39, 0.29) is 17.1 Å². The fourth-order valence-corrected chi connectivity index (χ4v) is 3.45. The fourth-order valence-electron chi connectivity index (χ4n) is 3.45. The third kappa shape index (κ3) is 3.85. The van der Waals surface area contributed by atoms with Crippen molar-refractivity contribution in [1.82, 2.24) is 5.32 Å². The second-order valence-corrected chi connectivity index (χ2v) is 6.65. The second kappa shape index (κ2) is 7.70. The number of aromatic hydroxyl groups is 1. The predicted molar refractivity (Wildman–Crippen MR) is 98.0 cm³/mol. The van der Waals surface area contributed by atoms with Gasteiger partial charge in [0.2, 0.25) is 0 Å². The zero-order valence-electron chi connectivity index (χ0n) is 14.6. The molecule has 2 aromatic carbocycles. The summed E-state index contributed by atoms with van der Waals surface area (Å²) in [6.07, 6.45) is 2.57. The highest BCUT2D eigenvalue weighted by molar-refractivity contribution is 5.97. The summed E-state index contributed by atoms with van der Waals surface area (Å²) in [4.78, 5) is 12.6. The molecule has 3 rings (SSSR count). The Hall–Kier alpha value is -2.33. The lowest BCUT2D eigenvalue weighted by Crippen LogP contribution is -2.44. The molecule has 2 N–H and O–H groups in total. The van der Waals surface area contributed by atoms with Gasteiger partial charge in [-0.15, -0.1) is 0 Å². The van der Waals surface area contributed by atoms with Crippen LogP contribution in [-0.2, 0) is 16.6 Å². The number of phenols is 1. The van der Waals surface area contributed by atoms with E-state index in [9.17, 15) is 9.90 Å². The number of phenolic OH excluding ortho intramolecular Hbond substituents is 1. The minimum Gasteiger partial charge on any atom is -0.507 e. The molecule has 0 unspecified atom stereocenters. The maximum absolute atomic E-state index is 12.6. The van der Waals surface area contributed by atoms with E-state index in [4.69, 9.17) is 4.74 Å². The Morgan fingerprint density at radius 3 is 2.56 bits per heavy atom. The highest BCUT2D eigenvalue weighted by Crippen LogP contribution is 2.34. The number of amides is 1. The summed E-state index contributed by atoms with van der Waals surface area (Å²) >= 11 is 0. The van der Waals surface area contributed by atoms with Crippen LogP contribution in [0.3, 0.4) is 0 Å². The van der Waals surface area contributed by atoms with Crippen molar-refractivity contribution >= 4 is 5.91 Å². The Morgan fingerprint density at radius 1 is 1.16 bits per heavy atom. The lowest BCUT2D eigenvalue weighted by molar-refractivity contribution is 0.0487. The number of rotatable bonds is 5. The van der Waals surface area contributed by atoms with Crippen LogP contribution in [-0.4, -0.2) is 30.8 Å². The van der Waals surface area contributed by atoms with E-state index < -0.39 is 0 Å². The molecule has 1 aliphatic heterocycles. The molecule has 0 bridgehead atoms. The van der Waals surface area contributed by atoms with E-state index in [0.717, 1.165) is 24.8 Å². The van der Waals surface area contributed by atoms with Gasteiger partial charge in [0.1, 0.15) is 5.75 Å². The van der Waals surface area contributed by atoms with E-state index in [1.807, 2.05) is 31.2 Å². The molecule has 1 fully saturated rings. The third-order valence-electron chi connectivity index (χ3n) is 5.14. The first kappa shape index (κ1) is 17.5. The maximum Gasteiger partial charge on any atom is 0.255 e. The van der Waals surface area contributed by atoms with Crippen molar-refractivity contribution in [3.63, 3.8) is 0 Å². The summed E-state index contributed by atoms with van der Waals surface area (Å²) in [6, 6.07) is 15.5. The van der Waals surface area contributed by atoms with Crippen LogP contribution in [0.15, 0.2) is 48.5 Å². The molecule has 1 saturated heterocycles. The number of aryl methyl sites for hydroxylation is 1. The molecule has 25 heavy (non-hydrogen) atoms. The molecular weight excluding hydrogens is 314 g/mol. The molecule has 0 saturated carbocycles. The van der Waals surface area contributed by atoms with Crippen LogP contribution in [0.5, 0.6) is 5.75 Å². The standard InChI is InChI=1S/C21H25NO3/c1-2-16-8-9-19(23)18(14-16)20(24)22-15-21(10-12-25-13-11-21)17-6-4-3-5-7-17/h3-9,14,23H,2,10-13,15H2,1H3,(H,22,24). The van der Waals surface area contributed by atoms with Crippen LogP contribution in [0.4, 0.5) is 0 Å². The number of carbonyl (C=O) groups excluding carboxylic acids is 1. The smallest absolute Gasteiger partial charge is 0.255 e. The molecule has 1 heterocycles. The van der Waals surface area contributed by atoms with Crippen molar-refractivity contribution < 1.29 is 14.6 Å². The van der Waals surface area contributed by atoms with Gasteiger partial charge in [0, 0.05) is 25.2 Å². The van der Waals surface area contributed by atoms with Gasteiger partial charge < -0.3 is 15.2 Å². The first-order valence-corrected chi connectivity index (χ1v) is 8.88. The molecule has 0 atom stereocenters. The molecule has 0 aliphatic carbocycles. The Bertz CT molecular complexity index is 721. The van der Waals surface area contributed by atoms with E-state index >= 15 is 0 Å². The first-order valence-electron chi connectivity index (χ1n) is 8.88. The third-order valence-corrected chi connectivity index (χ3v) is 5.14. The van der Waals surface area contributed by atoms with Crippen molar-refractivity contribution in [3.8, 4) is 5.75 Å². The number of benzene rings is 2. The maximum atomic E-state index is 12.6. The second-order valence-electron chi connectivity index (χ2n) is 6.65. The summed E-state index contributed by atoms with van der Waals surface area (Å²) in [6.45, 7) is 3.96. The molecule has 4 nitrogen and oxygen atoms in total. The van der Waals surface area contributed by atoms with Crippen LogP contribution < -0.4 is 5.32 Å². The molecule has 0 radical (unpaired) electrons. The Labute approximate surface area is 148 Å². The largest absolute Gasteiger partial charge is 0.507 e. The van der Waals surface area contributed by atoms with Gasteiger partial charge in [-0.05, 0) is 42.5 Å². The number of ether oxygens (including phenoxy) is 1. The molecule has 132 valence electrons. The van der Waals surface area contributed by atoms with Crippen LogP contribution in [0, 0.1) is 0 Å². The van der Waals surface area contributed by atoms with Gasteiger partial charge in [-0.25, -0.2) is 0 Å². The van der Waals surface area contributed by atoms with Crippen molar-refractivity contribution in [2.24, 2.45) is 0 Å². The first-order chi connectivity index (χ1) is 12.1. The fraction of sp³-hybridized carbons (Fsp3) is 0.381. The normalized spacial score (nSPS) is 16.4. The van der Waals surface area contributed by atoms with Crippen molar-refractivity contribution in [1.29, 1.82) is 0 Å². The van der Waals surface area contributed by atoms with Crippen molar-refractivity contribution in [3.05, 3.63) is 65.2 Å². The monoisotopic (exact) mass is 339 g/mol. The SMILES string of the molecule is CCc1ccc(O)c(C(=O)NCC2(c3ccccc3)CCOCC2)c1. The van der Waals surface area contributed by atoms with E-state index in [1.54, 1.807) is 12.1 Å². The number of nitrogens with one attached hydrogen (secondary N) is 1. The Balaban J connectivity index is 1.79. The van der Waals surface area contributed by atoms with Gasteiger partial charge in [0.15, 0.2) is 0 Å². The minimum absolute atomic E-state index is 0.0236. The predicted octanol–water partition coefficient (Wildman–Crippen LogP) is 3.43. The quantitative estimate of drug-likeness (QED) is 0.877. The average Bonchev–Trinajstić information content (AvgIpc) is 2.68. The number of hydrogen-bond acceptors (Lipinski definition) is 3. The van der Waals surface area contributed by atoms with Gasteiger partial charge in [-0.3, -0.25) is 4.79 Å². The topological polar surface area (TPSA) is 58.6 Å². The van der Waals surface area contributed by atoms with E-state index in [2.05, 4.69) is 17.4 Å². The van der Waals surface area contributed by atoms with Crippen LogP contribution in [0.2, 0.25) is 0 Å². The average molecular weight is 339 g/mol. The Kier molecular flexibility index (Phi) is 5.39. The lowest BCUT2D eigenvalue weighted by atomic mass is 9.74. The summed E-state index contributed by atoms with van der Waals surface area (Å²) in [5, 5.41) is 13.1. The minimum atomic E-state index is -0.227. The Morgan fingerprint density at radius 2 is 1.88 bits per heavy atom. The highest BCUT2D eigenvalue weighted by atomic mass is 16.5. The number of carbonyl (C=O) groups is 1. The molecule has 0 aromatic heterocycles. The van der Waals surface area contributed by atoms with Gasteiger partial charge in [0.05, 0.1) is 5.56 Å². The summed E-state index contributed by atoms with van der Waals surface area (Å²) < 4.78 is 5.53. The summed E-state index contributed by atoms with van der Waals surface area (Å²) in [5.74, 6) is -0.204. The molecule has 0 spiro atoms. The van der Waals surface area contributed by atoms with E-state index in [0.29, 0.717) is 25.3 Å². The number of hydrogen-bond donors (Lipinski definition) is 2. The summed E-state index contributed by atoms with van der Waals surface area (Å²) in [5.41, 5.74) is 2.49. The van der Waals surface area contributed by atoms with Gasteiger partial charge >= 0.3 is 0 Å². The zero-order valence-corrected chi connectivity index (χ0v) is 14.6. The van der Waals surface area contributed by atoms with Gasteiger partial charge in [-0.1, -0.05) is 43.3 Å². The van der Waals surface area contributed by atoms with Crippen molar-refractivity contribution in [2.45, 2.75) is 31.6 Å². The zero-order chi connectivity index (χ0) is 17.7. The van der Waals surface area contributed by atoms with E-state index in [1.165, 1.54) is 5.56 Å². The molecule has 1 aliphatic rings. The molecule has 2 aromatic rings. The lowest BCUT2D eigenvalue weighted by Gasteiger charge is -2.38.